The summed E-state index contributed by atoms with van der Waals surface area (Å²) in [5.74, 6) is -2.18. The van der Waals surface area contributed by atoms with Crippen LogP contribution in [0.15, 0.2) is 48.5 Å². The number of nitrogens with one attached hydrogen (secondary N) is 1. The van der Waals surface area contributed by atoms with Crippen molar-refractivity contribution in [3.63, 3.8) is 0 Å². The molecular formula is C25H23F2N5O2. The molecular weight excluding hydrogens is 440 g/mol. The zero-order valence-electron chi connectivity index (χ0n) is 18.7. The fourth-order valence-corrected chi connectivity index (χ4v) is 3.89. The molecule has 2 aromatic heterocycles. The van der Waals surface area contributed by atoms with Crippen molar-refractivity contribution in [1.29, 1.82) is 0 Å². The zero-order chi connectivity index (χ0) is 24.4. The number of primary amides is 1. The van der Waals surface area contributed by atoms with E-state index in [0.29, 0.717) is 36.2 Å². The van der Waals surface area contributed by atoms with Crippen molar-refractivity contribution in [2.75, 3.05) is 5.32 Å². The highest BCUT2D eigenvalue weighted by Gasteiger charge is 2.21. The van der Waals surface area contributed by atoms with Gasteiger partial charge in [-0.05, 0) is 48.7 Å². The van der Waals surface area contributed by atoms with Crippen LogP contribution < -0.4 is 11.1 Å². The van der Waals surface area contributed by atoms with Gasteiger partial charge in [-0.25, -0.2) is 13.8 Å². The third kappa shape index (κ3) is 4.50. The summed E-state index contributed by atoms with van der Waals surface area (Å²) in [6.07, 6.45) is 1.15. The Balaban J connectivity index is 1.74. The smallest absolute Gasteiger partial charge is 0.267 e. The SMILES string of the molecule is CCc1nn(Cc2ccc(F)cc2)c(CC)c1NC(=O)c1cc(C(N)=O)nc2cc(F)ccc12. The van der Waals surface area contributed by atoms with E-state index in [4.69, 9.17) is 5.73 Å². The number of aryl methyl sites for hydroxylation is 1. The highest BCUT2D eigenvalue weighted by Crippen LogP contribution is 2.26. The average molecular weight is 463 g/mol. The van der Waals surface area contributed by atoms with Gasteiger partial charge in [0.05, 0.1) is 34.7 Å². The second kappa shape index (κ2) is 9.38. The fraction of sp³-hybridized carbons (Fsp3) is 0.200. The molecule has 0 spiro atoms. The molecule has 0 fully saturated rings. The first kappa shape index (κ1) is 23.0. The number of nitrogens with zero attached hydrogens (tertiary/aromatic N) is 3. The van der Waals surface area contributed by atoms with E-state index in [1.54, 1.807) is 16.8 Å². The first-order valence-corrected chi connectivity index (χ1v) is 10.8. The van der Waals surface area contributed by atoms with Crippen LogP contribution in [0.25, 0.3) is 10.9 Å². The molecule has 4 aromatic rings. The van der Waals surface area contributed by atoms with Crippen LogP contribution in [0.3, 0.4) is 0 Å². The minimum Gasteiger partial charge on any atom is -0.364 e. The van der Waals surface area contributed by atoms with Crippen LogP contribution in [0.1, 0.15) is 51.6 Å². The van der Waals surface area contributed by atoms with E-state index in [0.717, 1.165) is 17.3 Å². The Labute approximate surface area is 194 Å². The van der Waals surface area contributed by atoms with Gasteiger partial charge in [-0.2, -0.15) is 5.10 Å². The van der Waals surface area contributed by atoms with Gasteiger partial charge in [0, 0.05) is 11.5 Å². The molecule has 0 atom stereocenters. The van der Waals surface area contributed by atoms with Crippen LogP contribution in [0.2, 0.25) is 0 Å². The number of benzene rings is 2. The van der Waals surface area contributed by atoms with Crippen molar-refractivity contribution in [3.8, 4) is 0 Å². The van der Waals surface area contributed by atoms with E-state index < -0.39 is 17.6 Å². The molecule has 0 saturated carbocycles. The number of hydrogen-bond acceptors (Lipinski definition) is 4. The molecule has 2 heterocycles. The standard InChI is InChI=1S/C25H23F2N5O2/c1-3-19-23(22(4-2)32(31-19)13-14-5-7-15(26)8-6-14)30-25(34)18-12-21(24(28)33)29-20-11-16(27)9-10-17(18)20/h5-12H,3-4,13H2,1-2H3,(H2,28,33)(H,30,34). The summed E-state index contributed by atoms with van der Waals surface area (Å²) in [5, 5.41) is 7.97. The third-order valence-corrected chi connectivity index (χ3v) is 5.55. The number of pyridine rings is 1. The van der Waals surface area contributed by atoms with E-state index in [1.165, 1.54) is 30.3 Å². The maximum Gasteiger partial charge on any atom is 0.267 e. The van der Waals surface area contributed by atoms with Gasteiger partial charge in [0.15, 0.2) is 0 Å². The van der Waals surface area contributed by atoms with Crippen LogP contribution in [0.5, 0.6) is 0 Å². The summed E-state index contributed by atoms with van der Waals surface area (Å²) < 4.78 is 28.8. The molecule has 0 aliphatic carbocycles. The lowest BCUT2D eigenvalue weighted by atomic mass is 10.1. The van der Waals surface area contributed by atoms with Crippen molar-refractivity contribution in [1.82, 2.24) is 14.8 Å². The predicted octanol–water partition coefficient (Wildman–Crippen LogP) is 4.23. The second-order valence-electron chi connectivity index (χ2n) is 7.79. The van der Waals surface area contributed by atoms with Crippen molar-refractivity contribution >= 4 is 28.4 Å². The zero-order valence-corrected chi connectivity index (χ0v) is 18.7. The van der Waals surface area contributed by atoms with Gasteiger partial charge >= 0.3 is 0 Å². The topological polar surface area (TPSA) is 103 Å². The maximum absolute atomic E-state index is 13.8. The van der Waals surface area contributed by atoms with Crippen LogP contribution in [0, 0.1) is 11.6 Å². The molecule has 174 valence electrons. The monoisotopic (exact) mass is 463 g/mol. The number of halogens is 2. The Morgan fingerprint density at radius 3 is 2.35 bits per heavy atom. The highest BCUT2D eigenvalue weighted by atomic mass is 19.1. The number of amides is 2. The van der Waals surface area contributed by atoms with E-state index >= 15 is 0 Å². The quantitative estimate of drug-likeness (QED) is 0.428. The Morgan fingerprint density at radius 1 is 1.00 bits per heavy atom. The first-order valence-electron chi connectivity index (χ1n) is 10.8. The van der Waals surface area contributed by atoms with Crippen molar-refractivity contribution in [3.05, 3.63) is 88.4 Å². The Kier molecular flexibility index (Phi) is 6.36. The van der Waals surface area contributed by atoms with Crippen LogP contribution in [0.4, 0.5) is 14.5 Å². The number of fused-ring (bicyclic) bond motifs is 1. The fourth-order valence-electron chi connectivity index (χ4n) is 3.89. The minimum atomic E-state index is -0.823. The summed E-state index contributed by atoms with van der Waals surface area (Å²) in [6.45, 7) is 4.29. The second-order valence-corrected chi connectivity index (χ2v) is 7.79. The summed E-state index contributed by atoms with van der Waals surface area (Å²) in [4.78, 5) is 29.2. The molecule has 4 rings (SSSR count). The summed E-state index contributed by atoms with van der Waals surface area (Å²) >= 11 is 0. The molecule has 2 amide bonds. The number of carbonyl (C=O) groups is 2. The van der Waals surface area contributed by atoms with Crippen LogP contribution >= 0.6 is 0 Å². The Morgan fingerprint density at radius 2 is 1.71 bits per heavy atom. The van der Waals surface area contributed by atoms with Crippen molar-refractivity contribution < 1.29 is 18.4 Å². The Hall–Kier alpha value is -4.14. The number of aromatic nitrogens is 3. The van der Waals surface area contributed by atoms with Crippen LogP contribution in [-0.2, 0) is 19.4 Å². The lowest BCUT2D eigenvalue weighted by Gasteiger charge is -2.12. The number of carbonyl (C=O) groups excluding carboxylic acids is 2. The molecule has 3 N–H and O–H groups in total. The minimum absolute atomic E-state index is 0.137. The van der Waals surface area contributed by atoms with Gasteiger partial charge in [-0.1, -0.05) is 26.0 Å². The van der Waals surface area contributed by atoms with Gasteiger partial charge in [0.2, 0.25) is 0 Å². The molecule has 34 heavy (non-hydrogen) atoms. The maximum atomic E-state index is 13.8. The number of hydrogen-bond donors (Lipinski definition) is 2. The van der Waals surface area contributed by atoms with E-state index in [2.05, 4.69) is 15.4 Å². The van der Waals surface area contributed by atoms with E-state index in [1.807, 2.05) is 13.8 Å². The van der Waals surface area contributed by atoms with Crippen LogP contribution in [-0.4, -0.2) is 26.6 Å². The molecule has 0 bridgehead atoms. The number of anilines is 1. The van der Waals surface area contributed by atoms with E-state index in [-0.39, 0.29) is 22.6 Å². The molecule has 0 saturated heterocycles. The normalized spacial score (nSPS) is 11.1. The molecule has 9 heteroatoms. The third-order valence-electron chi connectivity index (χ3n) is 5.55. The lowest BCUT2D eigenvalue weighted by molar-refractivity contribution is 0.0996. The largest absolute Gasteiger partial charge is 0.364 e. The van der Waals surface area contributed by atoms with E-state index in [9.17, 15) is 18.4 Å². The van der Waals surface area contributed by atoms with Gasteiger partial charge < -0.3 is 11.1 Å². The molecule has 7 nitrogen and oxygen atoms in total. The van der Waals surface area contributed by atoms with Crippen molar-refractivity contribution in [2.24, 2.45) is 5.73 Å². The summed E-state index contributed by atoms with van der Waals surface area (Å²) in [7, 11) is 0. The first-order chi connectivity index (χ1) is 16.3. The lowest BCUT2D eigenvalue weighted by Crippen LogP contribution is -2.18. The Bertz CT molecular complexity index is 1400. The highest BCUT2D eigenvalue weighted by molar-refractivity contribution is 6.14. The summed E-state index contributed by atoms with van der Waals surface area (Å²) in [5.41, 5.74) is 8.47. The number of nitrogens with two attached hydrogens (primary N) is 1. The predicted molar refractivity (Wildman–Crippen MR) is 125 cm³/mol. The average Bonchev–Trinajstić information content (AvgIpc) is 3.15. The molecule has 0 unspecified atom stereocenters. The summed E-state index contributed by atoms with van der Waals surface area (Å²) in [6, 6.07) is 11.3. The van der Waals surface area contributed by atoms with Gasteiger partial charge in [0.1, 0.15) is 17.3 Å². The van der Waals surface area contributed by atoms with Gasteiger partial charge in [-0.15, -0.1) is 0 Å². The molecule has 0 aliphatic heterocycles. The molecule has 0 aliphatic rings. The van der Waals surface area contributed by atoms with Crippen molar-refractivity contribution in [2.45, 2.75) is 33.2 Å². The number of rotatable bonds is 7. The molecule has 2 aromatic carbocycles. The van der Waals surface area contributed by atoms with Gasteiger partial charge in [-0.3, -0.25) is 14.3 Å². The molecule has 0 radical (unpaired) electrons. The van der Waals surface area contributed by atoms with Gasteiger partial charge in [0.25, 0.3) is 11.8 Å².